The molecule has 0 bridgehead atoms. The number of nitrogens with one attached hydrogen (secondary N) is 1. The summed E-state index contributed by atoms with van der Waals surface area (Å²) in [5.41, 5.74) is 1.23. The van der Waals surface area contributed by atoms with Crippen LogP contribution in [-0.2, 0) is 14.8 Å². The Morgan fingerprint density at radius 3 is 2.19 bits per heavy atom. The molecule has 0 aliphatic rings. The van der Waals surface area contributed by atoms with Gasteiger partial charge < -0.3 is 14.8 Å². The summed E-state index contributed by atoms with van der Waals surface area (Å²) < 4.78 is 39.5. The highest BCUT2D eigenvalue weighted by atomic mass is 32.2. The molecular weight excluding hydrogens is 476 g/mol. The van der Waals surface area contributed by atoms with Gasteiger partial charge in [0.25, 0.3) is 10.0 Å². The van der Waals surface area contributed by atoms with Crippen LogP contribution in [0.1, 0.15) is 38.8 Å². The number of rotatable bonds is 12. The summed E-state index contributed by atoms with van der Waals surface area (Å²) >= 11 is 0. The van der Waals surface area contributed by atoms with E-state index >= 15 is 0 Å². The van der Waals surface area contributed by atoms with Crippen molar-refractivity contribution in [1.82, 2.24) is 5.32 Å². The van der Waals surface area contributed by atoms with Crippen LogP contribution in [0.4, 0.5) is 5.69 Å². The molecule has 1 N–H and O–H groups in total. The molecule has 0 fully saturated rings. The quantitative estimate of drug-likeness (QED) is 0.362. The van der Waals surface area contributed by atoms with Gasteiger partial charge in [-0.1, -0.05) is 56.3 Å². The number of amides is 1. The predicted octanol–water partition coefficient (Wildman–Crippen LogP) is 5.19. The fraction of sp³-hybridized carbons (Fsp3) is 0.321. The van der Waals surface area contributed by atoms with Crippen molar-refractivity contribution in [1.29, 1.82) is 0 Å². The number of benzene rings is 3. The Bertz CT molecular complexity index is 1230. The second kappa shape index (κ2) is 12.4. The van der Waals surface area contributed by atoms with E-state index in [0.717, 1.165) is 15.6 Å². The highest BCUT2D eigenvalue weighted by Crippen LogP contribution is 2.32. The van der Waals surface area contributed by atoms with E-state index in [4.69, 9.17) is 9.47 Å². The van der Waals surface area contributed by atoms with Crippen molar-refractivity contribution in [2.45, 2.75) is 38.1 Å². The first kappa shape index (κ1) is 27.1. The van der Waals surface area contributed by atoms with Gasteiger partial charge in [-0.3, -0.25) is 9.10 Å². The van der Waals surface area contributed by atoms with Crippen molar-refractivity contribution in [3.8, 4) is 11.5 Å². The summed E-state index contributed by atoms with van der Waals surface area (Å²) in [4.78, 5) is 13.5. The Morgan fingerprint density at radius 1 is 0.944 bits per heavy atom. The first-order valence-electron chi connectivity index (χ1n) is 12.0. The molecule has 0 aliphatic carbocycles. The molecule has 7 nitrogen and oxygen atoms in total. The fourth-order valence-corrected chi connectivity index (χ4v) is 5.37. The van der Waals surface area contributed by atoms with Crippen LogP contribution in [-0.4, -0.2) is 34.6 Å². The van der Waals surface area contributed by atoms with Crippen LogP contribution >= 0.6 is 0 Å². The highest BCUT2D eigenvalue weighted by molar-refractivity contribution is 7.92. The number of anilines is 1. The first-order chi connectivity index (χ1) is 17.3. The molecule has 3 rings (SSSR count). The van der Waals surface area contributed by atoms with Gasteiger partial charge in [0.2, 0.25) is 5.91 Å². The van der Waals surface area contributed by atoms with Crippen molar-refractivity contribution < 1.29 is 22.7 Å². The van der Waals surface area contributed by atoms with Gasteiger partial charge in [0.15, 0.2) is 0 Å². The van der Waals surface area contributed by atoms with Crippen LogP contribution in [0.5, 0.6) is 11.5 Å². The van der Waals surface area contributed by atoms with Gasteiger partial charge in [0.1, 0.15) is 18.0 Å². The molecular formula is C28H34N2O5S. The summed E-state index contributed by atoms with van der Waals surface area (Å²) in [5, 5.41) is 3.05. The van der Waals surface area contributed by atoms with E-state index in [1.54, 1.807) is 49.6 Å². The zero-order valence-corrected chi connectivity index (χ0v) is 22.0. The molecule has 0 radical (unpaired) electrons. The Hall–Kier alpha value is -3.52. The Kier molecular flexibility index (Phi) is 9.36. The number of para-hydroxylation sites is 2. The molecule has 3 aromatic carbocycles. The van der Waals surface area contributed by atoms with E-state index in [-0.39, 0.29) is 10.9 Å². The summed E-state index contributed by atoms with van der Waals surface area (Å²) in [6.07, 6.45) is 0.693. The molecule has 1 atom stereocenters. The number of sulfonamides is 1. The third kappa shape index (κ3) is 6.79. The van der Waals surface area contributed by atoms with Crippen molar-refractivity contribution >= 4 is 21.6 Å². The van der Waals surface area contributed by atoms with Gasteiger partial charge in [-0.05, 0) is 61.2 Å². The van der Waals surface area contributed by atoms with Crippen LogP contribution in [0.2, 0.25) is 0 Å². The lowest BCUT2D eigenvalue weighted by Crippen LogP contribution is -2.42. The number of ether oxygens (including phenoxy) is 2. The Morgan fingerprint density at radius 2 is 1.58 bits per heavy atom. The Balaban J connectivity index is 1.95. The van der Waals surface area contributed by atoms with Gasteiger partial charge in [-0.15, -0.1) is 0 Å². The standard InChI is InChI=1S/C28H34N2O5S/c1-5-35-27-14-10-9-13-26(27)30(36(32,33)24-11-7-6-8-12-24)20-28(31)29-25(19-21(2)3)22-15-17-23(34-4)18-16-22/h6-18,21,25H,5,19-20H2,1-4H3,(H,29,31). The molecule has 0 aliphatic heterocycles. The monoisotopic (exact) mass is 510 g/mol. The molecule has 192 valence electrons. The van der Waals surface area contributed by atoms with Crippen molar-refractivity contribution in [2.24, 2.45) is 5.92 Å². The van der Waals surface area contributed by atoms with Gasteiger partial charge >= 0.3 is 0 Å². The zero-order chi connectivity index (χ0) is 26.1. The minimum absolute atomic E-state index is 0.0954. The van der Waals surface area contributed by atoms with Crippen LogP contribution in [0.3, 0.4) is 0 Å². The molecule has 36 heavy (non-hydrogen) atoms. The summed E-state index contributed by atoms with van der Waals surface area (Å²) in [6.45, 7) is 5.94. The number of carbonyl (C=O) groups is 1. The van der Waals surface area contributed by atoms with Gasteiger partial charge in [-0.25, -0.2) is 8.42 Å². The zero-order valence-electron chi connectivity index (χ0n) is 21.2. The van der Waals surface area contributed by atoms with E-state index in [9.17, 15) is 13.2 Å². The maximum absolute atomic E-state index is 13.7. The molecule has 1 amide bonds. The second-order valence-electron chi connectivity index (χ2n) is 8.75. The molecule has 3 aromatic rings. The number of methoxy groups -OCH3 is 1. The largest absolute Gasteiger partial charge is 0.497 e. The topological polar surface area (TPSA) is 84.9 Å². The van der Waals surface area contributed by atoms with E-state index < -0.39 is 22.5 Å². The van der Waals surface area contributed by atoms with E-state index in [1.807, 2.05) is 31.2 Å². The van der Waals surface area contributed by atoms with Gasteiger partial charge in [-0.2, -0.15) is 0 Å². The van der Waals surface area contributed by atoms with Crippen molar-refractivity contribution in [3.63, 3.8) is 0 Å². The van der Waals surface area contributed by atoms with Crippen LogP contribution in [0, 0.1) is 5.92 Å². The number of hydrogen-bond acceptors (Lipinski definition) is 5. The van der Waals surface area contributed by atoms with Gasteiger partial charge in [0, 0.05) is 0 Å². The normalized spacial score (nSPS) is 12.1. The molecule has 1 unspecified atom stereocenters. The summed E-state index contributed by atoms with van der Waals surface area (Å²) in [7, 11) is -2.45. The minimum atomic E-state index is -4.05. The molecule has 8 heteroatoms. The minimum Gasteiger partial charge on any atom is -0.497 e. The SMILES string of the molecule is CCOc1ccccc1N(CC(=O)NC(CC(C)C)c1ccc(OC)cc1)S(=O)(=O)c1ccccc1. The number of hydrogen-bond donors (Lipinski definition) is 1. The van der Waals surface area contributed by atoms with Crippen molar-refractivity contribution in [2.75, 3.05) is 24.6 Å². The maximum Gasteiger partial charge on any atom is 0.264 e. The summed E-state index contributed by atoms with van der Waals surface area (Å²) in [5.74, 6) is 1.00. The molecule has 0 aromatic heterocycles. The smallest absolute Gasteiger partial charge is 0.264 e. The summed E-state index contributed by atoms with van der Waals surface area (Å²) in [6, 6.07) is 22.2. The number of nitrogens with zero attached hydrogens (tertiary/aromatic N) is 1. The predicted molar refractivity (Wildman–Crippen MR) is 142 cm³/mol. The first-order valence-corrected chi connectivity index (χ1v) is 13.4. The molecule has 0 heterocycles. The third-order valence-electron chi connectivity index (χ3n) is 5.61. The van der Waals surface area contributed by atoms with Crippen molar-refractivity contribution in [3.05, 3.63) is 84.4 Å². The molecule has 0 saturated carbocycles. The lowest BCUT2D eigenvalue weighted by molar-refractivity contribution is -0.120. The maximum atomic E-state index is 13.7. The third-order valence-corrected chi connectivity index (χ3v) is 7.39. The highest BCUT2D eigenvalue weighted by Gasteiger charge is 2.30. The van der Waals surface area contributed by atoms with E-state index in [0.29, 0.717) is 30.4 Å². The van der Waals surface area contributed by atoms with Gasteiger partial charge in [0.05, 0.1) is 30.3 Å². The Labute approximate surface area is 214 Å². The second-order valence-corrected chi connectivity index (χ2v) is 10.6. The fourth-order valence-electron chi connectivity index (χ4n) is 3.92. The molecule has 0 saturated heterocycles. The lowest BCUT2D eigenvalue weighted by atomic mass is 9.97. The average Bonchev–Trinajstić information content (AvgIpc) is 2.88. The number of carbonyl (C=O) groups excluding carboxylic acids is 1. The van der Waals surface area contributed by atoms with Crippen LogP contribution < -0.4 is 19.1 Å². The average molecular weight is 511 g/mol. The molecule has 0 spiro atoms. The van der Waals surface area contributed by atoms with Crippen LogP contribution in [0.15, 0.2) is 83.8 Å². The van der Waals surface area contributed by atoms with Crippen LogP contribution in [0.25, 0.3) is 0 Å². The van der Waals surface area contributed by atoms with E-state index in [1.165, 1.54) is 12.1 Å². The lowest BCUT2D eigenvalue weighted by Gasteiger charge is -2.27. The van der Waals surface area contributed by atoms with E-state index in [2.05, 4.69) is 19.2 Å².